The SMILES string of the molecule is COc1cccc(C(=O)Nc2nc(C(F)(F)F)c(-c3ccccn3)s2)c1. The van der Waals surface area contributed by atoms with Crippen molar-refractivity contribution in [2.45, 2.75) is 6.18 Å². The molecule has 3 aromatic rings. The molecule has 26 heavy (non-hydrogen) atoms. The Bertz CT molecular complexity index is 927. The number of alkyl halides is 3. The third-order valence-corrected chi connectivity index (χ3v) is 4.34. The fourth-order valence-electron chi connectivity index (χ4n) is 2.17. The number of methoxy groups -OCH3 is 1. The standard InChI is InChI=1S/C17H12F3N3O2S/c1-25-11-6-4-5-10(9-11)15(24)23-16-22-14(17(18,19)20)13(26-16)12-7-2-3-8-21-12/h2-9H,1H3,(H,22,23,24). The van der Waals surface area contributed by atoms with Crippen LogP contribution in [0.3, 0.4) is 0 Å². The topological polar surface area (TPSA) is 64.1 Å². The molecule has 9 heteroatoms. The summed E-state index contributed by atoms with van der Waals surface area (Å²) in [6.45, 7) is 0. The summed E-state index contributed by atoms with van der Waals surface area (Å²) < 4.78 is 44.9. The van der Waals surface area contributed by atoms with Crippen LogP contribution in [0.4, 0.5) is 18.3 Å². The van der Waals surface area contributed by atoms with E-state index in [-0.39, 0.29) is 21.3 Å². The molecule has 0 aliphatic carbocycles. The highest BCUT2D eigenvalue weighted by atomic mass is 32.1. The summed E-state index contributed by atoms with van der Waals surface area (Å²) in [6.07, 6.45) is -3.27. The number of hydrogen-bond acceptors (Lipinski definition) is 5. The molecule has 0 aliphatic rings. The molecule has 1 amide bonds. The largest absolute Gasteiger partial charge is 0.497 e. The first-order chi connectivity index (χ1) is 12.4. The number of rotatable bonds is 4. The Hall–Kier alpha value is -2.94. The number of ether oxygens (including phenoxy) is 1. The Morgan fingerprint density at radius 2 is 2.00 bits per heavy atom. The van der Waals surface area contributed by atoms with Gasteiger partial charge in [0.2, 0.25) is 0 Å². The molecule has 0 fully saturated rings. The minimum Gasteiger partial charge on any atom is -0.497 e. The van der Waals surface area contributed by atoms with Crippen molar-refractivity contribution >= 4 is 22.4 Å². The van der Waals surface area contributed by atoms with E-state index >= 15 is 0 Å². The highest BCUT2D eigenvalue weighted by Gasteiger charge is 2.38. The molecular weight excluding hydrogens is 367 g/mol. The Kier molecular flexibility index (Phi) is 4.90. The van der Waals surface area contributed by atoms with Crippen molar-refractivity contribution in [1.82, 2.24) is 9.97 Å². The predicted octanol–water partition coefficient (Wildman–Crippen LogP) is 4.48. The quantitative estimate of drug-likeness (QED) is 0.726. The number of carbonyl (C=O) groups excluding carboxylic acids is 1. The van der Waals surface area contributed by atoms with Crippen molar-refractivity contribution in [3.05, 3.63) is 59.9 Å². The molecule has 2 aromatic heterocycles. The van der Waals surface area contributed by atoms with Gasteiger partial charge in [-0.15, -0.1) is 0 Å². The van der Waals surface area contributed by atoms with Gasteiger partial charge in [-0.05, 0) is 30.3 Å². The minimum absolute atomic E-state index is 0.138. The molecule has 0 spiro atoms. The highest BCUT2D eigenvalue weighted by Crippen LogP contribution is 2.41. The van der Waals surface area contributed by atoms with Crippen molar-refractivity contribution in [2.75, 3.05) is 12.4 Å². The van der Waals surface area contributed by atoms with Crippen LogP contribution in [0.25, 0.3) is 10.6 Å². The van der Waals surface area contributed by atoms with E-state index in [1.807, 2.05) is 0 Å². The zero-order valence-corrected chi connectivity index (χ0v) is 14.2. The number of aromatic nitrogens is 2. The molecule has 0 aliphatic heterocycles. The second-order valence-corrected chi connectivity index (χ2v) is 6.09. The summed E-state index contributed by atoms with van der Waals surface area (Å²) in [5.41, 5.74) is -0.700. The maximum absolute atomic E-state index is 13.3. The maximum Gasteiger partial charge on any atom is 0.434 e. The molecule has 5 nitrogen and oxygen atoms in total. The Balaban J connectivity index is 1.93. The number of halogens is 3. The van der Waals surface area contributed by atoms with E-state index in [4.69, 9.17) is 4.74 Å². The number of thiazole rings is 1. The fourth-order valence-corrected chi connectivity index (χ4v) is 3.13. The molecule has 0 saturated heterocycles. The molecule has 0 saturated carbocycles. The number of nitrogens with zero attached hydrogens (tertiary/aromatic N) is 2. The van der Waals surface area contributed by atoms with Gasteiger partial charge in [0.1, 0.15) is 5.75 Å². The number of nitrogens with one attached hydrogen (secondary N) is 1. The van der Waals surface area contributed by atoms with Crippen LogP contribution in [0, 0.1) is 0 Å². The number of anilines is 1. The van der Waals surface area contributed by atoms with Crippen molar-refractivity contribution in [3.8, 4) is 16.3 Å². The summed E-state index contributed by atoms with van der Waals surface area (Å²) in [5.74, 6) is -0.124. The predicted molar refractivity (Wildman–Crippen MR) is 91.3 cm³/mol. The molecule has 0 unspecified atom stereocenters. The van der Waals surface area contributed by atoms with E-state index in [0.29, 0.717) is 17.1 Å². The molecule has 3 rings (SSSR count). The molecular formula is C17H12F3N3O2S. The number of carbonyl (C=O) groups is 1. The average molecular weight is 379 g/mol. The molecule has 0 radical (unpaired) electrons. The first-order valence-electron chi connectivity index (χ1n) is 7.33. The molecule has 1 N–H and O–H groups in total. The van der Waals surface area contributed by atoms with E-state index < -0.39 is 17.8 Å². The van der Waals surface area contributed by atoms with Crippen LogP contribution in [0.2, 0.25) is 0 Å². The van der Waals surface area contributed by atoms with Gasteiger partial charge in [0.25, 0.3) is 5.91 Å². The third-order valence-electron chi connectivity index (χ3n) is 3.35. The van der Waals surface area contributed by atoms with Crippen LogP contribution in [0.1, 0.15) is 16.1 Å². The van der Waals surface area contributed by atoms with Crippen LogP contribution < -0.4 is 10.1 Å². The van der Waals surface area contributed by atoms with Gasteiger partial charge < -0.3 is 4.74 Å². The van der Waals surface area contributed by atoms with Crippen molar-refractivity contribution < 1.29 is 22.7 Å². The number of benzene rings is 1. The smallest absolute Gasteiger partial charge is 0.434 e. The Labute approximate surface area is 150 Å². The lowest BCUT2D eigenvalue weighted by molar-refractivity contribution is -0.140. The van der Waals surface area contributed by atoms with E-state index in [9.17, 15) is 18.0 Å². The zero-order chi connectivity index (χ0) is 18.7. The first kappa shape index (κ1) is 17.9. The van der Waals surface area contributed by atoms with Crippen molar-refractivity contribution in [1.29, 1.82) is 0 Å². The second-order valence-electron chi connectivity index (χ2n) is 5.10. The molecule has 0 bridgehead atoms. The summed E-state index contributed by atoms with van der Waals surface area (Å²) in [7, 11) is 1.45. The average Bonchev–Trinajstić information content (AvgIpc) is 3.07. The monoisotopic (exact) mass is 379 g/mol. The molecule has 1 aromatic carbocycles. The number of amides is 1. The maximum atomic E-state index is 13.3. The summed E-state index contributed by atoms with van der Waals surface area (Å²) in [5, 5.41) is 2.24. The van der Waals surface area contributed by atoms with Gasteiger partial charge in [-0.2, -0.15) is 13.2 Å². The van der Waals surface area contributed by atoms with Crippen LogP contribution in [0.5, 0.6) is 5.75 Å². The van der Waals surface area contributed by atoms with E-state index in [1.165, 1.54) is 31.5 Å². The first-order valence-corrected chi connectivity index (χ1v) is 8.15. The summed E-state index contributed by atoms with van der Waals surface area (Å²) in [6, 6.07) is 10.9. The van der Waals surface area contributed by atoms with Crippen LogP contribution >= 0.6 is 11.3 Å². The van der Waals surface area contributed by atoms with Crippen molar-refractivity contribution in [3.63, 3.8) is 0 Å². The summed E-state index contributed by atoms with van der Waals surface area (Å²) in [4.78, 5) is 19.6. The number of pyridine rings is 1. The van der Waals surface area contributed by atoms with Gasteiger partial charge in [-0.25, -0.2) is 4.98 Å². The van der Waals surface area contributed by atoms with Crippen LogP contribution in [-0.2, 0) is 6.18 Å². The molecule has 2 heterocycles. The third kappa shape index (κ3) is 3.83. The van der Waals surface area contributed by atoms with Gasteiger partial charge in [-0.3, -0.25) is 15.1 Å². The zero-order valence-electron chi connectivity index (χ0n) is 13.4. The fraction of sp³-hybridized carbons (Fsp3) is 0.118. The van der Waals surface area contributed by atoms with E-state index in [2.05, 4.69) is 15.3 Å². The highest BCUT2D eigenvalue weighted by molar-refractivity contribution is 7.19. The van der Waals surface area contributed by atoms with E-state index in [0.717, 1.165) is 0 Å². The van der Waals surface area contributed by atoms with E-state index in [1.54, 1.807) is 24.3 Å². The normalized spacial score (nSPS) is 11.2. The molecule has 0 atom stereocenters. The Morgan fingerprint density at radius 1 is 1.19 bits per heavy atom. The lowest BCUT2D eigenvalue weighted by atomic mass is 10.2. The van der Waals surface area contributed by atoms with Gasteiger partial charge in [0.15, 0.2) is 10.8 Å². The van der Waals surface area contributed by atoms with Gasteiger partial charge in [0, 0.05) is 11.8 Å². The molecule has 134 valence electrons. The lowest BCUT2D eigenvalue weighted by Gasteiger charge is -2.05. The van der Waals surface area contributed by atoms with Crippen molar-refractivity contribution in [2.24, 2.45) is 0 Å². The van der Waals surface area contributed by atoms with Gasteiger partial charge in [0.05, 0.1) is 17.7 Å². The Morgan fingerprint density at radius 3 is 2.65 bits per heavy atom. The van der Waals surface area contributed by atoms with Gasteiger partial charge >= 0.3 is 6.18 Å². The minimum atomic E-state index is -4.66. The number of hydrogen-bond donors (Lipinski definition) is 1. The summed E-state index contributed by atoms with van der Waals surface area (Å²) >= 11 is 0.716. The lowest BCUT2D eigenvalue weighted by Crippen LogP contribution is -2.13. The van der Waals surface area contributed by atoms with Crippen LogP contribution in [-0.4, -0.2) is 23.0 Å². The van der Waals surface area contributed by atoms with Crippen LogP contribution in [0.15, 0.2) is 48.7 Å². The van der Waals surface area contributed by atoms with Gasteiger partial charge in [-0.1, -0.05) is 23.5 Å². The second kappa shape index (κ2) is 7.12.